The number of hydrogen-bond acceptors (Lipinski definition) is 3. The topological polar surface area (TPSA) is 51.2 Å². The van der Waals surface area contributed by atoms with E-state index in [1.54, 1.807) is 6.07 Å². The smallest absolute Gasteiger partial charge is 0.261 e. The molecule has 0 bridgehead atoms. The van der Waals surface area contributed by atoms with E-state index in [-0.39, 0.29) is 16.1 Å². The second kappa shape index (κ2) is 3.31. The van der Waals surface area contributed by atoms with Crippen molar-refractivity contribution >= 4 is 25.5 Å². The highest BCUT2D eigenvalue weighted by molar-refractivity contribution is 8.13. The SMILES string of the molecule is CC1(C)CC(=O)c2cc(S(=O)(=O)Cl)ccc21. The Morgan fingerprint density at radius 2 is 1.94 bits per heavy atom. The molecule has 0 N–H and O–H groups in total. The van der Waals surface area contributed by atoms with E-state index < -0.39 is 9.05 Å². The van der Waals surface area contributed by atoms with Gasteiger partial charge in [0, 0.05) is 22.7 Å². The van der Waals surface area contributed by atoms with E-state index in [0.29, 0.717) is 12.0 Å². The third-order valence-corrected chi connectivity index (χ3v) is 4.26. The highest BCUT2D eigenvalue weighted by Crippen LogP contribution is 2.39. The number of ketones is 1. The van der Waals surface area contributed by atoms with Crippen LogP contribution in [0.25, 0.3) is 0 Å². The van der Waals surface area contributed by atoms with Gasteiger partial charge in [-0.2, -0.15) is 0 Å². The summed E-state index contributed by atoms with van der Waals surface area (Å²) in [5.41, 5.74) is 1.15. The maximum absolute atomic E-state index is 11.7. The first-order valence-electron chi connectivity index (χ1n) is 4.84. The van der Waals surface area contributed by atoms with E-state index in [1.807, 2.05) is 13.8 Å². The fraction of sp³-hybridized carbons (Fsp3) is 0.364. The molecule has 0 saturated heterocycles. The summed E-state index contributed by atoms with van der Waals surface area (Å²) in [5.74, 6) is -0.0258. The first-order chi connectivity index (χ1) is 7.22. The molecule has 0 amide bonds. The van der Waals surface area contributed by atoms with Gasteiger partial charge >= 0.3 is 0 Å². The molecule has 0 saturated carbocycles. The van der Waals surface area contributed by atoms with Crippen molar-refractivity contribution in [3.63, 3.8) is 0 Å². The van der Waals surface area contributed by atoms with Gasteiger partial charge in [-0.05, 0) is 23.1 Å². The van der Waals surface area contributed by atoms with Crippen LogP contribution in [0.3, 0.4) is 0 Å². The molecule has 0 fully saturated rings. The van der Waals surface area contributed by atoms with E-state index in [9.17, 15) is 13.2 Å². The molecule has 0 unspecified atom stereocenters. The van der Waals surface area contributed by atoms with Crippen LogP contribution in [-0.4, -0.2) is 14.2 Å². The molecule has 16 heavy (non-hydrogen) atoms. The number of hydrogen-bond donors (Lipinski definition) is 0. The van der Waals surface area contributed by atoms with Crippen LogP contribution >= 0.6 is 10.7 Å². The van der Waals surface area contributed by atoms with E-state index in [2.05, 4.69) is 0 Å². The predicted octanol–water partition coefficient (Wildman–Crippen LogP) is 2.48. The molecule has 0 radical (unpaired) electrons. The second-order valence-electron chi connectivity index (χ2n) is 4.63. The summed E-state index contributed by atoms with van der Waals surface area (Å²) in [4.78, 5) is 11.7. The summed E-state index contributed by atoms with van der Waals surface area (Å²) >= 11 is 0. The van der Waals surface area contributed by atoms with Crippen molar-refractivity contribution in [1.82, 2.24) is 0 Å². The number of rotatable bonds is 1. The summed E-state index contributed by atoms with van der Waals surface area (Å²) in [6.45, 7) is 3.93. The highest BCUT2D eigenvalue weighted by Gasteiger charge is 2.36. The Balaban J connectivity index is 2.66. The molecule has 0 heterocycles. The molecule has 86 valence electrons. The number of fused-ring (bicyclic) bond motifs is 1. The minimum Gasteiger partial charge on any atom is -0.294 e. The molecule has 1 aliphatic carbocycles. The summed E-state index contributed by atoms with van der Waals surface area (Å²) in [5, 5.41) is 0. The van der Waals surface area contributed by atoms with Crippen molar-refractivity contribution in [3.8, 4) is 0 Å². The first kappa shape index (κ1) is 11.6. The lowest BCUT2D eigenvalue weighted by Crippen LogP contribution is -2.12. The normalized spacial score (nSPS) is 18.6. The number of halogens is 1. The molecule has 0 aliphatic heterocycles. The molecule has 1 aromatic carbocycles. The van der Waals surface area contributed by atoms with Crippen molar-refractivity contribution in [3.05, 3.63) is 29.3 Å². The Morgan fingerprint density at radius 3 is 2.50 bits per heavy atom. The van der Waals surface area contributed by atoms with Crippen LogP contribution in [-0.2, 0) is 14.5 Å². The minimum atomic E-state index is -3.77. The van der Waals surface area contributed by atoms with Gasteiger partial charge in [0.05, 0.1) is 4.90 Å². The Bertz CT molecular complexity index is 573. The number of carbonyl (C=O) groups is 1. The molecule has 1 aromatic rings. The maximum atomic E-state index is 11.7. The zero-order valence-electron chi connectivity index (χ0n) is 8.95. The van der Waals surface area contributed by atoms with Gasteiger partial charge in [-0.3, -0.25) is 4.79 Å². The molecule has 3 nitrogen and oxygen atoms in total. The number of carbonyl (C=O) groups excluding carboxylic acids is 1. The van der Waals surface area contributed by atoms with Gasteiger partial charge in [0.15, 0.2) is 5.78 Å². The van der Waals surface area contributed by atoms with Crippen LogP contribution in [0.2, 0.25) is 0 Å². The molecular weight excluding hydrogens is 248 g/mol. The van der Waals surface area contributed by atoms with Crippen LogP contribution in [0.5, 0.6) is 0 Å². The van der Waals surface area contributed by atoms with Crippen LogP contribution in [0.15, 0.2) is 23.1 Å². The summed E-state index contributed by atoms with van der Waals surface area (Å²) < 4.78 is 22.3. The zero-order valence-corrected chi connectivity index (χ0v) is 10.5. The first-order valence-corrected chi connectivity index (χ1v) is 7.15. The molecule has 2 rings (SSSR count). The predicted molar refractivity (Wildman–Crippen MR) is 61.5 cm³/mol. The van der Waals surface area contributed by atoms with Crippen molar-refractivity contribution in [1.29, 1.82) is 0 Å². The minimum absolute atomic E-state index is 0.0148. The van der Waals surface area contributed by atoms with Crippen LogP contribution in [0, 0.1) is 0 Å². The molecule has 0 aromatic heterocycles. The Morgan fingerprint density at radius 1 is 1.31 bits per heavy atom. The fourth-order valence-electron chi connectivity index (χ4n) is 2.09. The standard InChI is InChI=1S/C11H11ClO3S/c1-11(2)6-10(13)8-5-7(16(12,14)15)3-4-9(8)11/h3-5H,6H2,1-2H3. The Labute approximate surface area is 98.8 Å². The largest absolute Gasteiger partial charge is 0.294 e. The van der Waals surface area contributed by atoms with E-state index in [4.69, 9.17) is 10.7 Å². The highest BCUT2D eigenvalue weighted by atomic mass is 35.7. The van der Waals surface area contributed by atoms with Gasteiger partial charge in [-0.15, -0.1) is 0 Å². The zero-order chi connectivity index (χ0) is 12.1. The third kappa shape index (κ3) is 1.76. The lowest BCUT2D eigenvalue weighted by Gasteiger charge is -2.17. The molecule has 0 atom stereocenters. The number of Topliss-reactive ketones (excluding diaryl/α,β-unsaturated/α-hetero) is 1. The van der Waals surface area contributed by atoms with Crippen molar-refractivity contribution in [2.75, 3.05) is 0 Å². The third-order valence-electron chi connectivity index (χ3n) is 2.90. The van der Waals surface area contributed by atoms with E-state index in [0.717, 1.165) is 5.56 Å². The quantitative estimate of drug-likeness (QED) is 0.727. The number of benzene rings is 1. The second-order valence-corrected chi connectivity index (χ2v) is 7.20. The van der Waals surface area contributed by atoms with Crippen molar-refractivity contribution in [2.24, 2.45) is 0 Å². The molecular formula is C11H11ClO3S. The average Bonchev–Trinajstić information content (AvgIpc) is 2.36. The van der Waals surface area contributed by atoms with Crippen molar-refractivity contribution in [2.45, 2.75) is 30.6 Å². The van der Waals surface area contributed by atoms with Gasteiger partial charge in [0.2, 0.25) is 0 Å². The lowest BCUT2D eigenvalue weighted by molar-refractivity contribution is 0.0979. The monoisotopic (exact) mass is 258 g/mol. The van der Waals surface area contributed by atoms with Gasteiger partial charge in [0.25, 0.3) is 9.05 Å². The molecule has 5 heteroatoms. The Kier molecular flexibility index (Phi) is 2.40. The average molecular weight is 259 g/mol. The van der Waals surface area contributed by atoms with Gasteiger partial charge in [0.1, 0.15) is 0 Å². The van der Waals surface area contributed by atoms with Crippen LogP contribution < -0.4 is 0 Å². The summed E-state index contributed by atoms with van der Waals surface area (Å²) in [6.07, 6.45) is 0.411. The van der Waals surface area contributed by atoms with E-state index >= 15 is 0 Å². The van der Waals surface area contributed by atoms with Crippen molar-refractivity contribution < 1.29 is 13.2 Å². The molecule has 1 aliphatic rings. The van der Waals surface area contributed by atoms with Gasteiger partial charge < -0.3 is 0 Å². The maximum Gasteiger partial charge on any atom is 0.261 e. The van der Waals surface area contributed by atoms with E-state index in [1.165, 1.54) is 12.1 Å². The summed E-state index contributed by atoms with van der Waals surface area (Å²) in [6, 6.07) is 4.49. The Hall–Kier alpha value is -0.870. The summed E-state index contributed by atoms with van der Waals surface area (Å²) in [7, 11) is 1.47. The van der Waals surface area contributed by atoms with Crippen LogP contribution in [0.1, 0.15) is 36.2 Å². The van der Waals surface area contributed by atoms with Crippen LogP contribution in [0.4, 0.5) is 0 Å². The lowest BCUT2D eigenvalue weighted by atomic mass is 9.87. The molecule has 0 spiro atoms. The van der Waals surface area contributed by atoms with Gasteiger partial charge in [-0.25, -0.2) is 8.42 Å². The van der Waals surface area contributed by atoms with Gasteiger partial charge in [-0.1, -0.05) is 19.9 Å². The fourth-order valence-corrected chi connectivity index (χ4v) is 2.86.